The van der Waals surface area contributed by atoms with Crippen LogP contribution in [0.15, 0.2) is 18.2 Å². The van der Waals surface area contributed by atoms with Crippen LogP contribution in [0.3, 0.4) is 0 Å². The molecule has 4 nitrogen and oxygen atoms in total. The second-order valence-corrected chi connectivity index (χ2v) is 4.80. The van der Waals surface area contributed by atoms with Crippen molar-refractivity contribution >= 4 is 18.5 Å². The van der Waals surface area contributed by atoms with Crippen molar-refractivity contribution in [1.82, 2.24) is 10.2 Å². The third-order valence-electron chi connectivity index (χ3n) is 3.22. The fourth-order valence-electron chi connectivity index (χ4n) is 2.23. The molecule has 1 aromatic rings. The van der Waals surface area contributed by atoms with Crippen molar-refractivity contribution in [2.45, 2.75) is 18.9 Å². The number of ether oxygens (including phenoxy) is 1. The molecule has 0 spiro atoms. The topological polar surface area (TPSA) is 41.6 Å². The highest BCUT2D eigenvalue weighted by Crippen LogP contribution is 2.33. The Bertz CT molecular complexity index is 523. The van der Waals surface area contributed by atoms with Crippen molar-refractivity contribution < 1.29 is 9.53 Å². The van der Waals surface area contributed by atoms with E-state index >= 15 is 0 Å². The minimum absolute atomic E-state index is 0. The van der Waals surface area contributed by atoms with E-state index in [-0.39, 0.29) is 24.5 Å². The van der Waals surface area contributed by atoms with E-state index < -0.39 is 0 Å². The number of carbonyl (C=O) groups is 1. The van der Waals surface area contributed by atoms with Crippen molar-refractivity contribution in [3.63, 3.8) is 0 Å². The number of hydrogen-bond acceptors (Lipinski definition) is 3. The van der Waals surface area contributed by atoms with Gasteiger partial charge in [0.25, 0.3) is 0 Å². The number of carbonyl (C=O) groups excluding carboxylic acids is 1. The minimum Gasteiger partial charge on any atom is -0.410 e. The largest absolute Gasteiger partial charge is 0.414 e. The molecule has 0 saturated heterocycles. The lowest BCUT2D eigenvalue weighted by molar-refractivity contribution is 0.172. The Kier molecular flexibility index (Phi) is 5.87. The van der Waals surface area contributed by atoms with Gasteiger partial charge in [-0.1, -0.05) is 12.0 Å². The number of aryl methyl sites for hydroxylation is 1. The number of nitrogens with zero attached hydrogens (tertiary/aromatic N) is 1. The number of fused-ring (bicyclic) bond motifs is 1. The molecule has 0 radical (unpaired) electrons. The summed E-state index contributed by atoms with van der Waals surface area (Å²) in [6.07, 6.45) is 6.96. The molecule has 1 N–H and O–H groups in total. The van der Waals surface area contributed by atoms with E-state index in [1.165, 1.54) is 16.0 Å². The number of terminal acetylenes is 1. The third kappa shape index (κ3) is 3.66. The maximum absolute atomic E-state index is 11.5. The van der Waals surface area contributed by atoms with Crippen molar-refractivity contribution in [3.05, 3.63) is 29.3 Å². The second-order valence-electron chi connectivity index (χ2n) is 4.80. The number of hydrogen-bond donors (Lipinski definition) is 1. The predicted octanol–water partition coefficient (Wildman–Crippen LogP) is 2.38. The molecule has 1 unspecified atom stereocenters. The van der Waals surface area contributed by atoms with Crippen LogP contribution in [0.2, 0.25) is 0 Å². The lowest BCUT2D eigenvalue weighted by Gasteiger charge is -2.14. The van der Waals surface area contributed by atoms with Gasteiger partial charge in [0.1, 0.15) is 5.75 Å². The zero-order valence-electron chi connectivity index (χ0n) is 11.7. The molecule has 0 bridgehead atoms. The number of benzene rings is 1. The molecule has 5 heteroatoms. The van der Waals surface area contributed by atoms with Crippen LogP contribution < -0.4 is 10.1 Å². The summed E-state index contributed by atoms with van der Waals surface area (Å²) >= 11 is 0. The Labute approximate surface area is 125 Å². The molecule has 0 fully saturated rings. The van der Waals surface area contributed by atoms with E-state index in [0.717, 1.165) is 12.8 Å². The van der Waals surface area contributed by atoms with Crippen LogP contribution in [0.25, 0.3) is 0 Å². The maximum atomic E-state index is 11.5. The monoisotopic (exact) mass is 294 g/mol. The highest BCUT2D eigenvalue weighted by molar-refractivity contribution is 5.85. The Hall–Kier alpha value is -1.70. The number of nitrogens with one attached hydrogen (secondary N) is 1. The summed E-state index contributed by atoms with van der Waals surface area (Å²) in [6.45, 7) is 0.547. The molecule has 20 heavy (non-hydrogen) atoms. The summed E-state index contributed by atoms with van der Waals surface area (Å²) in [5.41, 5.74) is 2.47. The summed E-state index contributed by atoms with van der Waals surface area (Å²) in [6, 6.07) is 6.04. The molecular formula is C15H19ClN2O2. The Morgan fingerprint density at radius 3 is 2.95 bits per heavy atom. The van der Waals surface area contributed by atoms with Crippen molar-refractivity contribution in [2.24, 2.45) is 0 Å². The van der Waals surface area contributed by atoms with Crippen molar-refractivity contribution in [2.75, 3.05) is 20.6 Å². The van der Waals surface area contributed by atoms with E-state index in [1.54, 1.807) is 14.1 Å². The van der Waals surface area contributed by atoms with Gasteiger partial charge < -0.3 is 9.64 Å². The Morgan fingerprint density at radius 2 is 2.30 bits per heavy atom. The average Bonchev–Trinajstić information content (AvgIpc) is 2.78. The van der Waals surface area contributed by atoms with Gasteiger partial charge in [0.15, 0.2) is 0 Å². The number of halogens is 1. The summed E-state index contributed by atoms with van der Waals surface area (Å²) in [5, 5.41) is 3.30. The van der Waals surface area contributed by atoms with Gasteiger partial charge in [-0.2, -0.15) is 0 Å². The van der Waals surface area contributed by atoms with Crippen LogP contribution in [-0.2, 0) is 6.42 Å². The number of rotatable bonds is 3. The highest BCUT2D eigenvalue weighted by Gasteiger charge is 2.22. The fourth-order valence-corrected chi connectivity index (χ4v) is 2.23. The van der Waals surface area contributed by atoms with Crippen molar-refractivity contribution in [1.29, 1.82) is 0 Å². The quantitative estimate of drug-likeness (QED) is 0.870. The first-order valence-corrected chi connectivity index (χ1v) is 6.30. The molecule has 0 saturated carbocycles. The fraction of sp³-hybridized carbons (Fsp3) is 0.400. The molecule has 1 aliphatic rings. The van der Waals surface area contributed by atoms with Gasteiger partial charge in [-0.25, -0.2) is 4.79 Å². The standard InChI is InChI=1S/C15H18N2O2.ClH/c1-4-9-16-14-8-6-11-5-7-12(10-13(11)14)19-15(18)17(2)3;/h1,5,7,10,14,16H,6,8-9H2,2-3H3;1H. The van der Waals surface area contributed by atoms with Crippen LogP contribution in [0.4, 0.5) is 4.79 Å². The zero-order valence-corrected chi connectivity index (χ0v) is 12.5. The molecule has 1 atom stereocenters. The molecule has 0 aromatic heterocycles. The molecular weight excluding hydrogens is 276 g/mol. The molecule has 2 rings (SSSR count). The second kappa shape index (κ2) is 7.18. The SMILES string of the molecule is C#CCNC1CCc2ccc(OC(=O)N(C)C)cc21.Cl. The first-order chi connectivity index (χ1) is 9.11. The van der Waals surface area contributed by atoms with Gasteiger partial charge in [-0.05, 0) is 36.1 Å². The highest BCUT2D eigenvalue weighted by atomic mass is 35.5. The average molecular weight is 295 g/mol. The third-order valence-corrected chi connectivity index (χ3v) is 3.22. The Morgan fingerprint density at radius 1 is 1.55 bits per heavy atom. The van der Waals surface area contributed by atoms with E-state index in [9.17, 15) is 4.79 Å². The van der Waals surface area contributed by atoms with Crippen LogP contribution in [-0.4, -0.2) is 31.6 Å². The van der Waals surface area contributed by atoms with E-state index in [2.05, 4.69) is 11.2 Å². The normalized spacial score (nSPS) is 15.8. The lowest BCUT2D eigenvalue weighted by atomic mass is 10.1. The summed E-state index contributed by atoms with van der Waals surface area (Å²) in [4.78, 5) is 12.9. The summed E-state index contributed by atoms with van der Waals surface area (Å²) < 4.78 is 5.27. The molecule has 0 heterocycles. The van der Waals surface area contributed by atoms with Crippen molar-refractivity contribution in [3.8, 4) is 18.1 Å². The molecule has 1 aromatic carbocycles. The van der Waals surface area contributed by atoms with Crippen LogP contribution in [0.1, 0.15) is 23.6 Å². The van der Waals surface area contributed by atoms with Gasteiger partial charge in [-0.15, -0.1) is 18.8 Å². The summed E-state index contributed by atoms with van der Waals surface area (Å²) in [5.74, 6) is 3.16. The maximum Gasteiger partial charge on any atom is 0.414 e. The Balaban J connectivity index is 0.00000200. The number of amides is 1. The van der Waals surface area contributed by atoms with Gasteiger partial charge in [0, 0.05) is 20.1 Å². The van der Waals surface area contributed by atoms with Crippen LogP contribution >= 0.6 is 12.4 Å². The van der Waals surface area contributed by atoms with E-state index in [0.29, 0.717) is 12.3 Å². The summed E-state index contributed by atoms with van der Waals surface area (Å²) in [7, 11) is 3.32. The van der Waals surface area contributed by atoms with E-state index in [4.69, 9.17) is 11.2 Å². The molecule has 108 valence electrons. The molecule has 1 aliphatic carbocycles. The van der Waals surface area contributed by atoms with Gasteiger partial charge in [0.2, 0.25) is 0 Å². The van der Waals surface area contributed by atoms with Gasteiger partial charge in [-0.3, -0.25) is 5.32 Å². The first kappa shape index (κ1) is 16.4. The van der Waals surface area contributed by atoms with E-state index in [1.807, 2.05) is 18.2 Å². The first-order valence-electron chi connectivity index (χ1n) is 6.30. The van der Waals surface area contributed by atoms with Crippen LogP contribution in [0.5, 0.6) is 5.75 Å². The molecule has 1 amide bonds. The predicted molar refractivity (Wildman–Crippen MR) is 81.3 cm³/mol. The zero-order chi connectivity index (χ0) is 13.8. The van der Waals surface area contributed by atoms with Gasteiger partial charge >= 0.3 is 6.09 Å². The molecule has 0 aliphatic heterocycles. The van der Waals surface area contributed by atoms with Crippen LogP contribution in [0, 0.1) is 12.3 Å². The minimum atomic E-state index is -0.369. The lowest BCUT2D eigenvalue weighted by Crippen LogP contribution is -2.25. The van der Waals surface area contributed by atoms with Gasteiger partial charge in [0.05, 0.1) is 6.54 Å². The smallest absolute Gasteiger partial charge is 0.410 e.